The van der Waals surface area contributed by atoms with Gasteiger partial charge in [-0.2, -0.15) is 4.98 Å². The number of nitrogen functional groups attached to an aromatic ring is 1. The third-order valence-corrected chi connectivity index (χ3v) is 2.06. The Labute approximate surface area is 106 Å². The molecule has 0 fully saturated rings. The quantitative estimate of drug-likeness (QED) is 0.643. The van der Waals surface area contributed by atoms with Gasteiger partial charge in [0.1, 0.15) is 12.0 Å². The van der Waals surface area contributed by atoms with Crippen molar-refractivity contribution in [3.63, 3.8) is 0 Å². The molecule has 4 N–H and O–H groups in total. The highest BCUT2D eigenvalue weighted by Gasteiger charge is 2.11. The topological polar surface area (TPSA) is 103 Å². The lowest BCUT2D eigenvalue weighted by molar-refractivity contribution is 0.0727. The Morgan fingerprint density at radius 3 is 2.78 bits per heavy atom. The number of hydrogen-bond acceptors (Lipinski definition) is 7. The van der Waals surface area contributed by atoms with Gasteiger partial charge in [-0.15, -0.1) is 0 Å². The molecule has 7 heteroatoms. The van der Waals surface area contributed by atoms with Gasteiger partial charge >= 0.3 is 0 Å². The number of aromatic nitrogens is 2. The SMILES string of the molecule is COCC(O)CNc1ncnc(OC(C)C)c1N. The van der Waals surface area contributed by atoms with Crippen LogP contribution in [0.15, 0.2) is 6.33 Å². The smallest absolute Gasteiger partial charge is 0.242 e. The van der Waals surface area contributed by atoms with Crippen LogP contribution in [0.2, 0.25) is 0 Å². The molecular formula is C11H20N4O3. The second kappa shape index (κ2) is 6.97. The predicted octanol–water partition coefficient (Wildman–Crippen LogP) is 0.265. The number of hydrogen-bond donors (Lipinski definition) is 3. The zero-order valence-electron chi connectivity index (χ0n) is 10.9. The molecule has 0 saturated heterocycles. The Bertz CT molecular complexity index is 373. The summed E-state index contributed by atoms with van der Waals surface area (Å²) in [5.74, 6) is 0.777. The summed E-state index contributed by atoms with van der Waals surface area (Å²) in [6.07, 6.45) is 0.715. The summed E-state index contributed by atoms with van der Waals surface area (Å²) in [7, 11) is 1.52. The Balaban J connectivity index is 2.65. The van der Waals surface area contributed by atoms with E-state index in [-0.39, 0.29) is 19.3 Å². The van der Waals surface area contributed by atoms with Crippen molar-refractivity contribution in [3.8, 4) is 5.88 Å². The van der Waals surface area contributed by atoms with Crippen LogP contribution in [0.1, 0.15) is 13.8 Å². The summed E-state index contributed by atoms with van der Waals surface area (Å²) in [5.41, 5.74) is 6.20. The highest BCUT2D eigenvalue weighted by Crippen LogP contribution is 2.25. The highest BCUT2D eigenvalue weighted by atomic mass is 16.5. The summed E-state index contributed by atoms with van der Waals surface area (Å²) in [4.78, 5) is 7.96. The van der Waals surface area contributed by atoms with Gasteiger partial charge in [-0.05, 0) is 13.8 Å². The molecule has 0 aliphatic carbocycles. The van der Waals surface area contributed by atoms with Crippen molar-refractivity contribution in [2.45, 2.75) is 26.1 Å². The standard InChI is InChI=1S/C11H20N4O3/c1-7(2)18-11-9(12)10(14-6-15-11)13-4-8(16)5-17-3/h6-8,16H,4-5,12H2,1-3H3,(H,13,14,15). The van der Waals surface area contributed by atoms with E-state index in [0.717, 1.165) is 0 Å². The molecule has 0 aliphatic heterocycles. The molecule has 1 rings (SSSR count). The van der Waals surface area contributed by atoms with Crippen LogP contribution < -0.4 is 15.8 Å². The molecule has 1 heterocycles. The van der Waals surface area contributed by atoms with Crippen molar-refractivity contribution < 1.29 is 14.6 Å². The second-order valence-corrected chi connectivity index (χ2v) is 4.10. The van der Waals surface area contributed by atoms with E-state index in [1.54, 1.807) is 0 Å². The molecule has 1 aromatic heterocycles. The molecule has 0 radical (unpaired) electrons. The minimum absolute atomic E-state index is 0.0193. The molecule has 1 atom stereocenters. The molecule has 102 valence electrons. The highest BCUT2D eigenvalue weighted by molar-refractivity contribution is 5.66. The first kappa shape index (κ1) is 14.5. The Kier molecular flexibility index (Phi) is 5.60. The summed E-state index contributed by atoms with van der Waals surface area (Å²) >= 11 is 0. The van der Waals surface area contributed by atoms with Crippen molar-refractivity contribution in [2.24, 2.45) is 0 Å². The zero-order chi connectivity index (χ0) is 13.5. The van der Waals surface area contributed by atoms with E-state index in [0.29, 0.717) is 17.4 Å². The van der Waals surface area contributed by atoms with E-state index >= 15 is 0 Å². The summed E-state index contributed by atoms with van der Waals surface area (Å²) < 4.78 is 10.3. The van der Waals surface area contributed by atoms with Gasteiger partial charge in [0, 0.05) is 13.7 Å². The van der Waals surface area contributed by atoms with Crippen LogP contribution >= 0.6 is 0 Å². The maximum atomic E-state index is 9.51. The van der Waals surface area contributed by atoms with Crippen LogP contribution in [0, 0.1) is 0 Å². The third-order valence-electron chi connectivity index (χ3n) is 2.06. The van der Waals surface area contributed by atoms with Gasteiger partial charge in [-0.25, -0.2) is 4.98 Å². The molecule has 18 heavy (non-hydrogen) atoms. The van der Waals surface area contributed by atoms with Crippen molar-refractivity contribution in [1.29, 1.82) is 0 Å². The van der Waals surface area contributed by atoms with E-state index in [4.69, 9.17) is 15.2 Å². The van der Waals surface area contributed by atoms with Crippen LogP contribution in [-0.4, -0.2) is 47.5 Å². The van der Waals surface area contributed by atoms with Crippen LogP contribution in [-0.2, 0) is 4.74 Å². The van der Waals surface area contributed by atoms with E-state index in [1.807, 2.05) is 13.8 Å². The normalized spacial score (nSPS) is 12.5. The van der Waals surface area contributed by atoms with Crippen LogP contribution in [0.4, 0.5) is 11.5 Å². The molecule has 1 unspecified atom stereocenters. The maximum Gasteiger partial charge on any atom is 0.242 e. The zero-order valence-corrected chi connectivity index (χ0v) is 10.9. The lowest BCUT2D eigenvalue weighted by Gasteiger charge is -2.15. The molecule has 0 aliphatic rings. The van der Waals surface area contributed by atoms with Crippen LogP contribution in [0.25, 0.3) is 0 Å². The minimum Gasteiger partial charge on any atom is -0.473 e. The molecule has 0 spiro atoms. The lowest BCUT2D eigenvalue weighted by atomic mass is 10.3. The van der Waals surface area contributed by atoms with E-state index in [2.05, 4.69) is 15.3 Å². The van der Waals surface area contributed by atoms with Crippen molar-refractivity contribution >= 4 is 11.5 Å². The first-order chi connectivity index (χ1) is 8.54. The number of anilines is 2. The summed E-state index contributed by atoms with van der Waals surface area (Å²) in [6.45, 7) is 4.30. The number of aliphatic hydroxyl groups is 1. The Morgan fingerprint density at radius 1 is 1.44 bits per heavy atom. The third kappa shape index (κ3) is 4.34. The average molecular weight is 256 g/mol. The molecule has 0 bridgehead atoms. The minimum atomic E-state index is -0.626. The number of aliphatic hydroxyl groups excluding tert-OH is 1. The maximum absolute atomic E-state index is 9.51. The lowest BCUT2D eigenvalue weighted by Crippen LogP contribution is -2.25. The second-order valence-electron chi connectivity index (χ2n) is 4.10. The van der Waals surface area contributed by atoms with Gasteiger partial charge in [0.15, 0.2) is 5.82 Å². The molecule has 1 aromatic rings. The van der Waals surface area contributed by atoms with Crippen molar-refractivity contribution in [1.82, 2.24) is 9.97 Å². The fourth-order valence-electron chi connectivity index (χ4n) is 1.30. The summed E-state index contributed by atoms with van der Waals surface area (Å²) in [6, 6.07) is 0. The molecule has 7 nitrogen and oxygen atoms in total. The number of nitrogens with one attached hydrogen (secondary N) is 1. The number of nitrogens with zero attached hydrogens (tertiary/aromatic N) is 2. The van der Waals surface area contributed by atoms with Gasteiger partial charge < -0.3 is 25.6 Å². The van der Waals surface area contributed by atoms with Gasteiger partial charge in [0.25, 0.3) is 0 Å². The molecule has 0 saturated carbocycles. The fraction of sp³-hybridized carbons (Fsp3) is 0.636. The van der Waals surface area contributed by atoms with Gasteiger partial charge in [0.2, 0.25) is 5.88 Å². The summed E-state index contributed by atoms with van der Waals surface area (Å²) in [5, 5.41) is 12.4. The molecule has 0 aromatic carbocycles. The molecule has 0 amide bonds. The first-order valence-electron chi connectivity index (χ1n) is 5.72. The van der Waals surface area contributed by atoms with Crippen molar-refractivity contribution in [2.75, 3.05) is 31.3 Å². The molecular weight excluding hydrogens is 236 g/mol. The average Bonchev–Trinajstić information content (AvgIpc) is 2.30. The van der Waals surface area contributed by atoms with Gasteiger partial charge in [0.05, 0.1) is 18.8 Å². The van der Waals surface area contributed by atoms with Gasteiger partial charge in [-0.1, -0.05) is 0 Å². The Hall–Kier alpha value is -1.60. The fourth-order valence-corrected chi connectivity index (χ4v) is 1.30. The monoisotopic (exact) mass is 256 g/mol. The van der Waals surface area contributed by atoms with Crippen molar-refractivity contribution in [3.05, 3.63) is 6.33 Å². The number of methoxy groups -OCH3 is 1. The Morgan fingerprint density at radius 2 is 2.17 bits per heavy atom. The first-order valence-corrected chi connectivity index (χ1v) is 5.72. The van der Waals surface area contributed by atoms with Crippen LogP contribution in [0.5, 0.6) is 5.88 Å². The number of rotatable bonds is 7. The van der Waals surface area contributed by atoms with E-state index < -0.39 is 6.10 Å². The van der Waals surface area contributed by atoms with Gasteiger partial charge in [-0.3, -0.25) is 0 Å². The number of nitrogens with two attached hydrogens (primary N) is 1. The largest absolute Gasteiger partial charge is 0.473 e. The van der Waals surface area contributed by atoms with E-state index in [9.17, 15) is 5.11 Å². The predicted molar refractivity (Wildman–Crippen MR) is 68.6 cm³/mol. The van der Waals surface area contributed by atoms with Crippen LogP contribution in [0.3, 0.4) is 0 Å². The number of ether oxygens (including phenoxy) is 2. The van der Waals surface area contributed by atoms with E-state index in [1.165, 1.54) is 13.4 Å².